The van der Waals surface area contributed by atoms with Crippen LogP contribution in [0.5, 0.6) is 0 Å². The Kier molecular flexibility index (Phi) is 8.43. The normalized spacial score (nSPS) is 10.8. The molecule has 0 aliphatic carbocycles. The van der Waals surface area contributed by atoms with Crippen LogP contribution < -0.4 is 11.1 Å². The van der Waals surface area contributed by atoms with Gasteiger partial charge in [0.25, 0.3) is 0 Å². The minimum atomic E-state index is -0.530. The first-order valence-electron chi connectivity index (χ1n) is 10.1. The zero-order valence-electron chi connectivity index (χ0n) is 18.4. The molecule has 0 spiro atoms. The maximum Gasteiger partial charge on any atom is 0.412 e. The fourth-order valence-corrected chi connectivity index (χ4v) is 5.07. The Morgan fingerprint density at radius 1 is 0.848 bits per heavy atom. The predicted octanol–water partition coefficient (Wildman–Crippen LogP) is 9.07. The van der Waals surface area contributed by atoms with E-state index in [0.717, 1.165) is 31.6 Å². The van der Waals surface area contributed by atoms with Gasteiger partial charge < -0.3 is 10.5 Å². The van der Waals surface area contributed by atoms with Crippen LogP contribution in [0.1, 0.15) is 20.8 Å². The molecule has 0 radical (unpaired) electrons. The maximum atomic E-state index is 11.9. The van der Waals surface area contributed by atoms with Crippen molar-refractivity contribution in [3.63, 3.8) is 0 Å². The monoisotopic (exact) mass is 518 g/mol. The predicted molar refractivity (Wildman–Crippen MR) is 144 cm³/mol. The lowest BCUT2D eigenvalue weighted by atomic mass is 10.1. The SMILES string of the molecule is CC(C)(C)OC(=O)Nc1sc(Cl)cc1-c1ccccc1.Nc1sc(Cl)cc1-c1ccccc1. The smallest absolute Gasteiger partial charge is 0.412 e. The topological polar surface area (TPSA) is 64.3 Å². The zero-order chi connectivity index (χ0) is 24.0. The van der Waals surface area contributed by atoms with E-state index < -0.39 is 11.7 Å². The molecule has 1 amide bonds. The van der Waals surface area contributed by atoms with Gasteiger partial charge in [0.05, 0.1) is 13.7 Å². The molecule has 0 aliphatic rings. The molecule has 0 atom stereocenters. The van der Waals surface area contributed by atoms with Crippen molar-refractivity contribution in [1.29, 1.82) is 0 Å². The number of amides is 1. The van der Waals surface area contributed by atoms with Gasteiger partial charge in [0, 0.05) is 11.1 Å². The number of anilines is 2. The van der Waals surface area contributed by atoms with E-state index in [9.17, 15) is 4.79 Å². The molecule has 8 heteroatoms. The zero-order valence-corrected chi connectivity index (χ0v) is 21.5. The third-order valence-corrected chi connectivity index (χ3v) is 6.49. The summed E-state index contributed by atoms with van der Waals surface area (Å²) in [6.45, 7) is 5.48. The minimum Gasteiger partial charge on any atom is -0.444 e. The highest BCUT2D eigenvalue weighted by molar-refractivity contribution is 7.21. The molecular weight excluding hydrogens is 495 g/mol. The highest BCUT2D eigenvalue weighted by Gasteiger charge is 2.19. The first-order valence-corrected chi connectivity index (χ1v) is 12.5. The summed E-state index contributed by atoms with van der Waals surface area (Å²) in [5, 5.41) is 4.22. The van der Waals surface area contributed by atoms with Gasteiger partial charge in [0.15, 0.2) is 0 Å². The molecule has 0 aliphatic heterocycles. The number of nitrogens with one attached hydrogen (secondary N) is 1. The second kappa shape index (κ2) is 11.1. The molecule has 0 saturated heterocycles. The maximum absolute atomic E-state index is 11.9. The lowest BCUT2D eigenvalue weighted by molar-refractivity contribution is 0.0636. The molecule has 172 valence electrons. The molecule has 0 saturated carbocycles. The highest BCUT2D eigenvalue weighted by atomic mass is 35.5. The van der Waals surface area contributed by atoms with Gasteiger partial charge in [-0.3, -0.25) is 5.32 Å². The first kappa shape index (κ1) is 25.1. The van der Waals surface area contributed by atoms with Crippen LogP contribution in [0.4, 0.5) is 14.8 Å². The summed E-state index contributed by atoms with van der Waals surface area (Å²) in [5.41, 5.74) is 9.31. The average Bonchev–Trinajstić information content (AvgIpc) is 3.29. The third-order valence-electron chi connectivity index (χ3n) is 4.22. The lowest BCUT2D eigenvalue weighted by Gasteiger charge is -2.19. The van der Waals surface area contributed by atoms with Crippen LogP contribution in [-0.2, 0) is 4.74 Å². The van der Waals surface area contributed by atoms with Crippen LogP contribution in [0.2, 0.25) is 8.67 Å². The molecule has 2 aromatic carbocycles. The highest BCUT2D eigenvalue weighted by Crippen LogP contribution is 2.39. The minimum absolute atomic E-state index is 0.479. The van der Waals surface area contributed by atoms with Crippen molar-refractivity contribution in [2.75, 3.05) is 11.1 Å². The molecule has 2 aromatic heterocycles. The van der Waals surface area contributed by atoms with Crippen LogP contribution in [0.15, 0.2) is 72.8 Å². The summed E-state index contributed by atoms with van der Waals surface area (Å²) < 4.78 is 6.61. The largest absolute Gasteiger partial charge is 0.444 e. The van der Waals surface area contributed by atoms with Crippen molar-refractivity contribution in [3.8, 4) is 22.3 Å². The van der Waals surface area contributed by atoms with E-state index in [4.69, 9.17) is 33.7 Å². The Labute approximate surface area is 211 Å². The van der Waals surface area contributed by atoms with E-state index in [-0.39, 0.29) is 0 Å². The Hall–Kier alpha value is -2.51. The van der Waals surface area contributed by atoms with E-state index in [2.05, 4.69) is 5.32 Å². The summed E-state index contributed by atoms with van der Waals surface area (Å²) >= 11 is 14.6. The second-order valence-corrected chi connectivity index (χ2v) is 11.4. The number of carbonyl (C=O) groups excluding carboxylic acids is 1. The number of rotatable bonds is 3. The average molecular weight is 520 g/mol. The van der Waals surface area contributed by atoms with E-state index in [1.807, 2.05) is 93.6 Å². The van der Waals surface area contributed by atoms with E-state index >= 15 is 0 Å². The number of hydrogen-bond acceptors (Lipinski definition) is 5. The van der Waals surface area contributed by atoms with Gasteiger partial charge in [-0.05, 0) is 44.0 Å². The Bertz CT molecular complexity index is 1200. The molecule has 0 bridgehead atoms. The standard InChI is InChI=1S/C15H16ClNO2S.C10H8ClNS/c1-15(2,3)19-14(18)17-13-11(9-12(16)20-13)10-7-5-4-6-8-10;11-9-6-8(10(12)13-9)7-4-2-1-3-5-7/h4-9H,1-3H3,(H,17,18);1-6H,12H2. The molecule has 4 nitrogen and oxygen atoms in total. The molecule has 33 heavy (non-hydrogen) atoms. The molecule has 0 unspecified atom stereocenters. The Balaban J connectivity index is 0.000000203. The summed E-state index contributed by atoms with van der Waals surface area (Å²) in [6, 6.07) is 23.5. The van der Waals surface area contributed by atoms with Gasteiger partial charge in [-0.25, -0.2) is 4.79 Å². The summed E-state index contributed by atoms with van der Waals surface area (Å²) in [6.07, 6.45) is -0.479. The number of nitrogens with two attached hydrogens (primary N) is 1. The van der Waals surface area contributed by atoms with Crippen molar-refractivity contribution >= 4 is 62.0 Å². The quantitative estimate of drug-likeness (QED) is 0.284. The van der Waals surface area contributed by atoms with Crippen LogP contribution >= 0.6 is 45.9 Å². The molecule has 0 fully saturated rings. The molecule has 4 rings (SSSR count). The number of ether oxygens (including phenoxy) is 1. The van der Waals surface area contributed by atoms with Crippen LogP contribution in [0.25, 0.3) is 22.3 Å². The number of benzene rings is 2. The number of halogens is 2. The Morgan fingerprint density at radius 2 is 1.33 bits per heavy atom. The van der Waals surface area contributed by atoms with E-state index in [1.165, 1.54) is 22.7 Å². The van der Waals surface area contributed by atoms with Gasteiger partial charge >= 0.3 is 6.09 Å². The summed E-state index contributed by atoms with van der Waals surface area (Å²) in [4.78, 5) is 11.9. The van der Waals surface area contributed by atoms with E-state index in [1.54, 1.807) is 0 Å². The number of nitrogen functional groups attached to an aromatic ring is 1. The van der Waals surface area contributed by atoms with Crippen molar-refractivity contribution in [3.05, 3.63) is 81.5 Å². The lowest BCUT2D eigenvalue weighted by Crippen LogP contribution is -2.27. The van der Waals surface area contributed by atoms with Crippen molar-refractivity contribution < 1.29 is 9.53 Å². The molecule has 4 aromatic rings. The van der Waals surface area contributed by atoms with Gasteiger partial charge in [0.2, 0.25) is 0 Å². The third kappa shape index (κ3) is 7.51. The van der Waals surface area contributed by atoms with Crippen LogP contribution in [0, 0.1) is 0 Å². The van der Waals surface area contributed by atoms with Gasteiger partial charge in [-0.2, -0.15) is 0 Å². The van der Waals surface area contributed by atoms with Crippen molar-refractivity contribution in [2.45, 2.75) is 26.4 Å². The number of hydrogen-bond donors (Lipinski definition) is 2. The number of carbonyl (C=O) groups is 1. The Morgan fingerprint density at radius 3 is 1.82 bits per heavy atom. The van der Waals surface area contributed by atoms with Gasteiger partial charge in [0.1, 0.15) is 10.6 Å². The summed E-state index contributed by atoms with van der Waals surface area (Å²) in [7, 11) is 0. The first-order chi connectivity index (χ1) is 15.6. The van der Waals surface area contributed by atoms with Crippen molar-refractivity contribution in [2.24, 2.45) is 0 Å². The fraction of sp³-hybridized carbons (Fsp3) is 0.160. The van der Waals surface area contributed by atoms with Gasteiger partial charge in [-0.15, -0.1) is 22.7 Å². The molecular formula is C25H24Cl2N2O2S2. The summed E-state index contributed by atoms with van der Waals surface area (Å²) in [5.74, 6) is 0. The second-order valence-electron chi connectivity index (χ2n) is 7.98. The number of thiophene rings is 2. The van der Waals surface area contributed by atoms with Gasteiger partial charge in [-0.1, -0.05) is 83.9 Å². The van der Waals surface area contributed by atoms with Crippen LogP contribution in [0.3, 0.4) is 0 Å². The van der Waals surface area contributed by atoms with E-state index in [0.29, 0.717) is 9.34 Å². The van der Waals surface area contributed by atoms with Crippen LogP contribution in [-0.4, -0.2) is 11.7 Å². The fourth-order valence-electron chi connectivity index (χ4n) is 2.90. The molecule has 2 heterocycles. The van der Waals surface area contributed by atoms with Crippen molar-refractivity contribution in [1.82, 2.24) is 0 Å². The molecule has 3 N–H and O–H groups in total.